The van der Waals surface area contributed by atoms with E-state index in [1.54, 1.807) is 36.5 Å². The maximum Gasteiger partial charge on any atom is 0.274 e. The minimum atomic E-state index is -0.319. The second-order valence-electron chi connectivity index (χ2n) is 4.13. The lowest BCUT2D eigenvalue weighted by Crippen LogP contribution is -2.15. The highest BCUT2D eigenvalue weighted by Crippen LogP contribution is 2.20. The number of benzene rings is 1. The Morgan fingerprint density at radius 2 is 2.10 bits per heavy atom. The smallest absolute Gasteiger partial charge is 0.274 e. The molecule has 0 saturated heterocycles. The molecule has 0 fully saturated rings. The Morgan fingerprint density at radius 1 is 1.30 bits per heavy atom. The van der Waals surface area contributed by atoms with E-state index in [1.807, 2.05) is 6.92 Å². The number of anilines is 2. The van der Waals surface area contributed by atoms with Gasteiger partial charge in [-0.15, -0.1) is 0 Å². The summed E-state index contributed by atoms with van der Waals surface area (Å²) in [5, 5.41) is 6.24. The second kappa shape index (κ2) is 6.86. The van der Waals surface area contributed by atoms with Gasteiger partial charge >= 0.3 is 0 Å². The predicted molar refractivity (Wildman–Crippen MR) is 80.2 cm³/mol. The van der Waals surface area contributed by atoms with Gasteiger partial charge in [-0.25, -0.2) is 9.97 Å². The Balaban J connectivity index is 2.11. The summed E-state index contributed by atoms with van der Waals surface area (Å²) < 4.78 is 0. The van der Waals surface area contributed by atoms with Crippen LogP contribution in [0.2, 0.25) is 5.02 Å². The van der Waals surface area contributed by atoms with Crippen molar-refractivity contribution in [3.63, 3.8) is 0 Å². The van der Waals surface area contributed by atoms with E-state index < -0.39 is 0 Å². The number of amides is 1. The highest BCUT2D eigenvalue weighted by atomic mass is 35.5. The van der Waals surface area contributed by atoms with Crippen LogP contribution in [0.25, 0.3) is 0 Å². The first-order valence-electron chi connectivity index (χ1n) is 6.33. The van der Waals surface area contributed by atoms with Gasteiger partial charge in [0.2, 0.25) is 5.95 Å². The van der Waals surface area contributed by atoms with E-state index in [0.717, 1.165) is 13.0 Å². The van der Waals surface area contributed by atoms with E-state index in [4.69, 9.17) is 11.6 Å². The van der Waals surface area contributed by atoms with Gasteiger partial charge in [0.25, 0.3) is 5.91 Å². The molecule has 0 atom stereocenters. The van der Waals surface area contributed by atoms with Crippen molar-refractivity contribution in [2.45, 2.75) is 13.3 Å². The van der Waals surface area contributed by atoms with Gasteiger partial charge in [-0.3, -0.25) is 4.79 Å². The quantitative estimate of drug-likeness (QED) is 0.887. The minimum Gasteiger partial charge on any atom is -0.354 e. The lowest BCUT2D eigenvalue weighted by Gasteiger charge is -2.07. The number of carbonyl (C=O) groups excluding carboxylic acids is 1. The molecule has 1 heterocycles. The summed E-state index contributed by atoms with van der Waals surface area (Å²) in [6.07, 6.45) is 2.51. The lowest BCUT2D eigenvalue weighted by atomic mass is 10.3. The Labute approximate surface area is 122 Å². The van der Waals surface area contributed by atoms with Gasteiger partial charge in [0.1, 0.15) is 5.69 Å². The zero-order valence-electron chi connectivity index (χ0n) is 11.1. The number of carbonyl (C=O) groups is 1. The fourth-order valence-electron chi connectivity index (χ4n) is 1.56. The van der Waals surface area contributed by atoms with Crippen LogP contribution >= 0.6 is 11.6 Å². The zero-order valence-corrected chi connectivity index (χ0v) is 11.8. The van der Waals surface area contributed by atoms with Crippen LogP contribution in [0.5, 0.6) is 0 Å². The molecule has 0 radical (unpaired) electrons. The molecule has 5 nitrogen and oxygen atoms in total. The topological polar surface area (TPSA) is 66.9 Å². The van der Waals surface area contributed by atoms with Crippen molar-refractivity contribution in [1.82, 2.24) is 9.97 Å². The minimum absolute atomic E-state index is 0.290. The summed E-state index contributed by atoms with van der Waals surface area (Å²) in [4.78, 5) is 20.3. The summed E-state index contributed by atoms with van der Waals surface area (Å²) in [6.45, 7) is 2.80. The van der Waals surface area contributed by atoms with Crippen LogP contribution in [0.1, 0.15) is 23.8 Å². The largest absolute Gasteiger partial charge is 0.354 e. The highest BCUT2D eigenvalue weighted by molar-refractivity contribution is 6.33. The molecule has 0 aliphatic rings. The van der Waals surface area contributed by atoms with Crippen molar-refractivity contribution < 1.29 is 4.79 Å². The van der Waals surface area contributed by atoms with E-state index in [2.05, 4.69) is 20.6 Å². The molecule has 0 unspecified atom stereocenters. The lowest BCUT2D eigenvalue weighted by molar-refractivity contribution is 0.102. The van der Waals surface area contributed by atoms with E-state index >= 15 is 0 Å². The van der Waals surface area contributed by atoms with Crippen molar-refractivity contribution >= 4 is 29.1 Å². The Bertz CT molecular complexity index is 603. The number of nitrogens with one attached hydrogen (secondary N) is 2. The third kappa shape index (κ3) is 3.68. The number of rotatable bonds is 5. The van der Waals surface area contributed by atoms with E-state index in [-0.39, 0.29) is 5.91 Å². The van der Waals surface area contributed by atoms with Gasteiger partial charge in [-0.2, -0.15) is 0 Å². The third-order valence-corrected chi connectivity index (χ3v) is 2.87. The van der Waals surface area contributed by atoms with Crippen molar-refractivity contribution in [2.24, 2.45) is 0 Å². The fourth-order valence-corrected chi connectivity index (χ4v) is 1.74. The maximum absolute atomic E-state index is 12.1. The SMILES string of the molecule is CCCNc1nccc(C(=O)Nc2ccccc2Cl)n1. The Morgan fingerprint density at radius 3 is 2.85 bits per heavy atom. The average molecular weight is 291 g/mol. The van der Waals surface area contributed by atoms with E-state index in [0.29, 0.717) is 22.4 Å². The van der Waals surface area contributed by atoms with Crippen molar-refractivity contribution in [3.8, 4) is 0 Å². The van der Waals surface area contributed by atoms with E-state index in [9.17, 15) is 4.79 Å². The molecule has 0 bridgehead atoms. The molecule has 1 aromatic carbocycles. The van der Waals surface area contributed by atoms with Crippen molar-refractivity contribution in [1.29, 1.82) is 0 Å². The molecule has 0 saturated carbocycles. The molecular formula is C14H15ClN4O. The summed E-state index contributed by atoms with van der Waals surface area (Å²) in [6, 6.07) is 8.61. The Kier molecular flexibility index (Phi) is 4.90. The first kappa shape index (κ1) is 14.3. The molecule has 0 aliphatic heterocycles. The number of halogens is 1. The second-order valence-corrected chi connectivity index (χ2v) is 4.53. The monoisotopic (exact) mass is 290 g/mol. The number of hydrogen-bond acceptors (Lipinski definition) is 4. The fraction of sp³-hybridized carbons (Fsp3) is 0.214. The normalized spacial score (nSPS) is 10.1. The van der Waals surface area contributed by atoms with Crippen LogP contribution in [-0.2, 0) is 0 Å². The van der Waals surface area contributed by atoms with Crippen LogP contribution in [0.3, 0.4) is 0 Å². The van der Waals surface area contributed by atoms with Crippen LogP contribution in [0, 0.1) is 0 Å². The molecule has 6 heteroatoms. The molecule has 0 aliphatic carbocycles. The predicted octanol–water partition coefficient (Wildman–Crippen LogP) is 3.20. The standard InChI is InChI=1S/C14H15ClN4O/c1-2-8-16-14-17-9-7-12(19-14)13(20)18-11-6-4-3-5-10(11)15/h3-7,9H,2,8H2,1H3,(H,18,20)(H,16,17,19). The van der Waals surface area contributed by atoms with Gasteiger partial charge in [0, 0.05) is 12.7 Å². The molecule has 1 amide bonds. The van der Waals surface area contributed by atoms with Crippen LogP contribution in [-0.4, -0.2) is 22.4 Å². The van der Waals surface area contributed by atoms with Gasteiger partial charge in [-0.1, -0.05) is 30.7 Å². The number of aromatic nitrogens is 2. The Hall–Kier alpha value is -2.14. The average Bonchev–Trinajstić information content (AvgIpc) is 2.48. The summed E-state index contributed by atoms with van der Waals surface area (Å²) in [7, 11) is 0. The first-order chi connectivity index (χ1) is 9.70. The summed E-state index contributed by atoms with van der Waals surface area (Å²) in [5.41, 5.74) is 0.847. The maximum atomic E-state index is 12.1. The molecular weight excluding hydrogens is 276 g/mol. The first-order valence-corrected chi connectivity index (χ1v) is 6.71. The van der Waals surface area contributed by atoms with Gasteiger partial charge in [-0.05, 0) is 24.6 Å². The number of para-hydroxylation sites is 1. The van der Waals surface area contributed by atoms with E-state index in [1.165, 1.54) is 0 Å². The molecule has 20 heavy (non-hydrogen) atoms. The molecule has 2 aromatic rings. The van der Waals surface area contributed by atoms with Crippen LogP contribution < -0.4 is 10.6 Å². The zero-order chi connectivity index (χ0) is 14.4. The summed E-state index contributed by atoms with van der Waals surface area (Å²) in [5.74, 6) is 0.124. The molecule has 1 aromatic heterocycles. The van der Waals surface area contributed by atoms with Crippen LogP contribution in [0.15, 0.2) is 36.5 Å². The molecule has 104 valence electrons. The van der Waals surface area contributed by atoms with Gasteiger partial charge in [0.15, 0.2) is 0 Å². The van der Waals surface area contributed by atoms with Crippen molar-refractivity contribution in [2.75, 3.05) is 17.2 Å². The van der Waals surface area contributed by atoms with Gasteiger partial charge in [0.05, 0.1) is 10.7 Å². The number of hydrogen-bond donors (Lipinski definition) is 2. The highest BCUT2D eigenvalue weighted by Gasteiger charge is 2.10. The molecule has 2 rings (SSSR count). The summed E-state index contributed by atoms with van der Waals surface area (Å²) >= 11 is 6.00. The van der Waals surface area contributed by atoms with Gasteiger partial charge < -0.3 is 10.6 Å². The van der Waals surface area contributed by atoms with Crippen LogP contribution in [0.4, 0.5) is 11.6 Å². The molecule has 0 spiro atoms. The van der Waals surface area contributed by atoms with Crippen molar-refractivity contribution in [3.05, 3.63) is 47.2 Å². The third-order valence-electron chi connectivity index (χ3n) is 2.54. The molecule has 2 N–H and O–H groups in total. The number of nitrogens with zero attached hydrogens (tertiary/aromatic N) is 2.